The van der Waals surface area contributed by atoms with E-state index in [1.54, 1.807) is 18.4 Å². The molecule has 20 heavy (non-hydrogen) atoms. The fraction of sp³-hybridized carbons (Fsp3) is 0.308. The van der Waals surface area contributed by atoms with E-state index in [0.29, 0.717) is 6.42 Å². The highest BCUT2D eigenvalue weighted by Gasteiger charge is 2.31. The average molecular weight is 305 g/mol. The highest BCUT2D eigenvalue weighted by atomic mass is 35.5. The number of anilines is 1. The first kappa shape index (κ1) is 14.7. The van der Waals surface area contributed by atoms with Gasteiger partial charge >= 0.3 is 6.18 Å². The predicted molar refractivity (Wildman–Crippen MR) is 69.7 cm³/mol. The Bertz CT molecular complexity index is 569. The van der Waals surface area contributed by atoms with Crippen molar-refractivity contribution in [3.05, 3.63) is 47.0 Å². The van der Waals surface area contributed by atoms with Crippen LogP contribution in [0.15, 0.2) is 34.9 Å². The van der Waals surface area contributed by atoms with Crippen LogP contribution in [-0.4, -0.2) is 11.0 Å². The first-order valence-corrected chi connectivity index (χ1v) is 6.26. The fourth-order valence-corrected chi connectivity index (χ4v) is 1.98. The summed E-state index contributed by atoms with van der Waals surface area (Å²) in [5, 5.41) is 2.68. The number of halogens is 4. The zero-order valence-corrected chi connectivity index (χ0v) is 11.3. The van der Waals surface area contributed by atoms with Crippen LogP contribution in [0.5, 0.6) is 0 Å². The number of aromatic nitrogens is 1. The molecule has 0 aliphatic rings. The lowest BCUT2D eigenvalue weighted by atomic mass is 10.2. The molecular formula is C13H12ClF3N2O. The SMILES string of the molecule is CC(Cc1ccco1)Nc1cc(C(F)(F)F)cc(Cl)n1. The van der Waals surface area contributed by atoms with Crippen LogP contribution < -0.4 is 5.32 Å². The van der Waals surface area contributed by atoms with Gasteiger partial charge in [0.15, 0.2) is 0 Å². The Morgan fingerprint density at radius 3 is 2.75 bits per heavy atom. The largest absolute Gasteiger partial charge is 0.469 e. The van der Waals surface area contributed by atoms with E-state index in [0.717, 1.165) is 17.9 Å². The third-order valence-electron chi connectivity index (χ3n) is 2.60. The molecule has 0 saturated carbocycles. The molecule has 2 heterocycles. The van der Waals surface area contributed by atoms with Crippen molar-refractivity contribution in [3.8, 4) is 0 Å². The van der Waals surface area contributed by atoms with Gasteiger partial charge in [0.25, 0.3) is 0 Å². The van der Waals surface area contributed by atoms with Crippen LogP contribution in [0.2, 0.25) is 5.15 Å². The van der Waals surface area contributed by atoms with Crippen molar-refractivity contribution in [2.45, 2.75) is 25.6 Å². The van der Waals surface area contributed by atoms with E-state index in [1.165, 1.54) is 0 Å². The van der Waals surface area contributed by atoms with Gasteiger partial charge in [0.05, 0.1) is 11.8 Å². The van der Waals surface area contributed by atoms with Crippen molar-refractivity contribution < 1.29 is 17.6 Å². The minimum absolute atomic E-state index is 0.0869. The summed E-state index contributed by atoms with van der Waals surface area (Å²) < 4.78 is 43.2. The molecule has 0 aromatic carbocycles. The summed E-state index contributed by atoms with van der Waals surface area (Å²) in [5.74, 6) is 0.826. The highest BCUT2D eigenvalue weighted by Crippen LogP contribution is 2.32. The number of furan rings is 1. The standard InChI is InChI=1S/C13H12ClF3N2O/c1-8(5-10-3-2-4-20-10)18-12-7-9(13(15,16)17)6-11(14)19-12/h2-4,6-8H,5H2,1H3,(H,18,19). The Labute approximate surface area is 118 Å². The van der Waals surface area contributed by atoms with Gasteiger partial charge in [-0.1, -0.05) is 11.6 Å². The smallest absolute Gasteiger partial charge is 0.416 e. The number of hydrogen-bond donors (Lipinski definition) is 1. The fourth-order valence-electron chi connectivity index (χ4n) is 1.77. The molecule has 1 unspecified atom stereocenters. The number of pyridine rings is 1. The molecule has 3 nitrogen and oxygen atoms in total. The number of hydrogen-bond acceptors (Lipinski definition) is 3. The van der Waals surface area contributed by atoms with Crippen molar-refractivity contribution in [3.63, 3.8) is 0 Å². The zero-order valence-electron chi connectivity index (χ0n) is 10.5. The van der Waals surface area contributed by atoms with E-state index in [1.807, 2.05) is 6.92 Å². The maximum absolute atomic E-state index is 12.7. The van der Waals surface area contributed by atoms with E-state index < -0.39 is 11.7 Å². The predicted octanol–water partition coefficient (Wildman–Crippen LogP) is 4.39. The lowest BCUT2D eigenvalue weighted by molar-refractivity contribution is -0.137. The van der Waals surface area contributed by atoms with Crippen molar-refractivity contribution in [1.82, 2.24) is 4.98 Å². The molecule has 0 radical (unpaired) electrons. The Hall–Kier alpha value is -1.69. The second-order valence-corrected chi connectivity index (χ2v) is 4.78. The molecule has 0 bridgehead atoms. The summed E-state index contributed by atoms with van der Waals surface area (Å²) in [6, 6.07) is 5.13. The van der Waals surface area contributed by atoms with Gasteiger partial charge in [-0.25, -0.2) is 4.98 Å². The summed E-state index contributed by atoms with van der Waals surface area (Å²) in [4.78, 5) is 3.84. The van der Waals surface area contributed by atoms with Crippen molar-refractivity contribution in [1.29, 1.82) is 0 Å². The lowest BCUT2D eigenvalue weighted by Crippen LogP contribution is -2.19. The van der Waals surface area contributed by atoms with Gasteiger partial charge in [-0.15, -0.1) is 0 Å². The van der Waals surface area contributed by atoms with Gasteiger partial charge in [0, 0.05) is 12.5 Å². The van der Waals surface area contributed by atoms with Crippen LogP contribution in [0.1, 0.15) is 18.2 Å². The van der Waals surface area contributed by atoms with Gasteiger partial charge in [-0.3, -0.25) is 0 Å². The molecule has 7 heteroatoms. The number of rotatable bonds is 4. The summed E-state index contributed by atoms with van der Waals surface area (Å²) in [6.07, 6.45) is -2.38. The number of nitrogens with one attached hydrogen (secondary N) is 1. The van der Waals surface area contributed by atoms with Gasteiger partial charge in [-0.2, -0.15) is 13.2 Å². The summed E-state index contributed by atoms with van der Waals surface area (Å²) >= 11 is 5.61. The van der Waals surface area contributed by atoms with Gasteiger partial charge in [0.2, 0.25) is 0 Å². The number of alkyl halides is 3. The Balaban J connectivity index is 2.11. The second-order valence-electron chi connectivity index (χ2n) is 4.39. The third-order valence-corrected chi connectivity index (χ3v) is 2.80. The number of nitrogens with zero attached hydrogens (tertiary/aromatic N) is 1. The molecule has 2 aromatic rings. The normalized spacial score (nSPS) is 13.2. The second kappa shape index (κ2) is 5.75. The first-order valence-electron chi connectivity index (χ1n) is 5.88. The molecule has 0 aliphatic heterocycles. The van der Waals surface area contributed by atoms with Crippen molar-refractivity contribution in [2.75, 3.05) is 5.32 Å². The Morgan fingerprint density at radius 1 is 1.40 bits per heavy atom. The quantitative estimate of drug-likeness (QED) is 0.851. The third kappa shape index (κ3) is 3.90. The molecule has 108 valence electrons. The molecular weight excluding hydrogens is 293 g/mol. The van der Waals surface area contributed by atoms with E-state index in [4.69, 9.17) is 16.0 Å². The monoisotopic (exact) mass is 304 g/mol. The molecule has 0 spiro atoms. The zero-order chi connectivity index (χ0) is 14.8. The lowest BCUT2D eigenvalue weighted by Gasteiger charge is -2.15. The van der Waals surface area contributed by atoms with E-state index in [-0.39, 0.29) is 17.0 Å². The molecule has 1 atom stereocenters. The minimum Gasteiger partial charge on any atom is -0.469 e. The molecule has 0 aliphatic carbocycles. The van der Waals surface area contributed by atoms with Crippen LogP contribution in [0.3, 0.4) is 0 Å². The molecule has 1 N–H and O–H groups in total. The van der Waals surface area contributed by atoms with Gasteiger partial charge in [0.1, 0.15) is 16.7 Å². The molecule has 0 saturated heterocycles. The van der Waals surface area contributed by atoms with Crippen molar-refractivity contribution in [2.24, 2.45) is 0 Å². The Kier molecular flexibility index (Phi) is 4.23. The van der Waals surface area contributed by atoms with Crippen LogP contribution in [0.4, 0.5) is 19.0 Å². The summed E-state index contributed by atoms with van der Waals surface area (Å²) in [7, 11) is 0. The summed E-state index contributed by atoms with van der Waals surface area (Å²) in [6.45, 7) is 1.82. The Morgan fingerprint density at radius 2 is 2.15 bits per heavy atom. The van der Waals surface area contributed by atoms with E-state index in [2.05, 4.69) is 10.3 Å². The van der Waals surface area contributed by atoms with Crippen LogP contribution >= 0.6 is 11.6 Å². The molecule has 0 fully saturated rings. The van der Waals surface area contributed by atoms with Gasteiger partial charge in [-0.05, 0) is 31.2 Å². The highest BCUT2D eigenvalue weighted by molar-refractivity contribution is 6.29. The van der Waals surface area contributed by atoms with E-state index >= 15 is 0 Å². The van der Waals surface area contributed by atoms with Crippen LogP contribution in [0.25, 0.3) is 0 Å². The van der Waals surface area contributed by atoms with Crippen molar-refractivity contribution >= 4 is 17.4 Å². The molecule has 2 rings (SSSR count). The van der Waals surface area contributed by atoms with Crippen LogP contribution in [0, 0.1) is 0 Å². The maximum Gasteiger partial charge on any atom is 0.416 e. The summed E-state index contributed by atoms with van der Waals surface area (Å²) in [5.41, 5.74) is -0.829. The molecule has 2 aromatic heterocycles. The van der Waals surface area contributed by atoms with Gasteiger partial charge < -0.3 is 9.73 Å². The molecule has 0 amide bonds. The maximum atomic E-state index is 12.7. The van der Waals surface area contributed by atoms with Crippen LogP contribution in [-0.2, 0) is 12.6 Å². The minimum atomic E-state index is -4.45. The first-order chi connectivity index (χ1) is 9.34. The topological polar surface area (TPSA) is 38.1 Å². The van der Waals surface area contributed by atoms with E-state index in [9.17, 15) is 13.2 Å². The average Bonchev–Trinajstić information content (AvgIpc) is 2.79.